The molecule has 0 aliphatic carbocycles. The lowest BCUT2D eigenvalue weighted by Crippen LogP contribution is -2.42. The fourth-order valence-corrected chi connectivity index (χ4v) is 6.23. The summed E-state index contributed by atoms with van der Waals surface area (Å²) in [7, 11) is 0. The predicted molar refractivity (Wildman–Crippen MR) is 188 cm³/mol. The number of hydrogen-bond donors (Lipinski definition) is 3. The van der Waals surface area contributed by atoms with Crippen LogP contribution in [0.3, 0.4) is 0 Å². The van der Waals surface area contributed by atoms with Crippen molar-refractivity contribution in [3.63, 3.8) is 0 Å². The van der Waals surface area contributed by atoms with E-state index in [0.29, 0.717) is 19.3 Å². The van der Waals surface area contributed by atoms with Gasteiger partial charge >= 0.3 is 11.9 Å². The number of esters is 2. The Bertz CT molecular complexity index is 1320. The highest BCUT2D eigenvalue weighted by Crippen LogP contribution is 2.32. The van der Waals surface area contributed by atoms with Crippen molar-refractivity contribution in [2.24, 2.45) is 11.7 Å². The average Bonchev–Trinajstić information content (AvgIpc) is 3.68. The highest BCUT2D eigenvalue weighted by molar-refractivity contribution is 5.82. The molecule has 1 aliphatic rings. The number of aromatic nitrogens is 4. The number of nitrogen functional groups attached to an aromatic ring is 1. The first-order valence-corrected chi connectivity index (χ1v) is 18.8. The number of unbranched alkanes of at least 4 members (excludes halogenated alkanes) is 15. The molecule has 2 unspecified atom stereocenters. The molecule has 49 heavy (non-hydrogen) atoms. The van der Waals surface area contributed by atoms with Gasteiger partial charge in [-0.2, -0.15) is 4.98 Å². The second-order valence-electron chi connectivity index (χ2n) is 13.7. The molecule has 0 amide bonds. The van der Waals surface area contributed by atoms with E-state index in [9.17, 15) is 14.4 Å². The quantitative estimate of drug-likeness (QED) is 0.0740. The molecule has 278 valence electrons. The van der Waals surface area contributed by atoms with Crippen molar-refractivity contribution in [3.05, 3.63) is 16.7 Å². The maximum absolute atomic E-state index is 15.0. The van der Waals surface area contributed by atoms with Crippen molar-refractivity contribution in [2.75, 3.05) is 12.3 Å². The number of H-pyrrole nitrogens is 1. The van der Waals surface area contributed by atoms with Gasteiger partial charge in [-0.1, -0.05) is 124 Å². The maximum Gasteiger partial charge on any atom is 0.347 e. The van der Waals surface area contributed by atoms with Crippen LogP contribution in [0.1, 0.15) is 149 Å². The SMILES string of the molecule is CCCCCCCCCCCCCCCCCCC(OC(=O)[C@@H](N)[C@@H](C)CC)C(=O)OC[C@H]1O[C@@H](n2cnc3c(=O)[nH]c(N)nc32)CC1F. The third-order valence-electron chi connectivity index (χ3n) is 9.68. The number of fused-ring (bicyclic) bond motifs is 1. The number of nitrogens with zero attached hydrogens (tertiary/aromatic N) is 3. The molecule has 1 aliphatic heterocycles. The van der Waals surface area contributed by atoms with Crippen molar-refractivity contribution < 1.29 is 28.2 Å². The number of carbonyl (C=O) groups excluding carboxylic acids is 2. The number of ether oxygens (including phenoxy) is 3. The Balaban J connectivity index is 1.40. The molecule has 0 bridgehead atoms. The average molecular weight is 693 g/mol. The normalized spacial score (nSPS) is 19.6. The van der Waals surface area contributed by atoms with Gasteiger partial charge in [-0.25, -0.2) is 14.2 Å². The van der Waals surface area contributed by atoms with E-state index in [-0.39, 0.29) is 36.1 Å². The minimum absolute atomic E-state index is 0.0532. The van der Waals surface area contributed by atoms with E-state index in [1.807, 2.05) is 13.8 Å². The van der Waals surface area contributed by atoms with Crippen molar-refractivity contribution in [3.8, 4) is 0 Å². The molecule has 2 aromatic heterocycles. The van der Waals surface area contributed by atoms with E-state index >= 15 is 4.39 Å². The fourth-order valence-electron chi connectivity index (χ4n) is 6.23. The lowest BCUT2D eigenvalue weighted by atomic mass is 10.0. The molecule has 6 atom stereocenters. The molecule has 3 heterocycles. The molecule has 0 radical (unpaired) electrons. The summed E-state index contributed by atoms with van der Waals surface area (Å²) in [4.78, 5) is 48.6. The molecule has 3 rings (SSSR count). The Morgan fingerprint density at radius 1 is 0.980 bits per heavy atom. The first kappa shape index (κ1) is 40.4. The van der Waals surface area contributed by atoms with Crippen LogP contribution < -0.4 is 17.0 Å². The Morgan fingerprint density at radius 3 is 2.12 bits per heavy atom. The minimum atomic E-state index is -1.46. The van der Waals surface area contributed by atoms with E-state index in [1.54, 1.807) is 0 Å². The number of hydrogen-bond acceptors (Lipinski definition) is 10. The molecule has 5 N–H and O–H groups in total. The number of nitrogens with two attached hydrogens (primary N) is 2. The smallest absolute Gasteiger partial charge is 0.347 e. The minimum Gasteiger partial charge on any atom is -0.460 e. The van der Waals surface area contributed by atoms with Crippen molar-refractivity contribution in [1.29, 1.82) is 0 Å². The Labute approximate surface area is 290 Å². The van der Waals surface area contributed by atoms with Gasteiger partial charge in [0.25, 0.3) is 5.56 Å². The Morgan fingerprint density at radius 2 is 1.55 bits per heavy atom. The second kappa shape index (κ2) is 21.9. The van der Waals surface area contributed by atoms with Crippen LogP contribution in [-0.2, 0) is 23.8 Å². The highest BCUT2D eigenvalue weighted by atomic mass is 19.1. The first-order chi connectivity index (χ1) is 23.7. The highest BCUT2D eigenvalue weighted by Gasteiger charge is 2.39. The summed E-state index contributed by atoms with van der Waals surface area (Å²) in [6.45, 7) is 5.67. The Hall–Kier alpha value is -3.06. The summed E-state index contributed by atoms with van der Waals surface area (Å²) in [5, 5.41) is 0. The number of alkyl halides is 1. The number of aromatic amines is 1. The monoisotopic (exact) mass is 692 g/mol. The molecule has 1 fully saturated rings. The van der Waals surface area contributed by atoms with Crippen LogP contribution in [-0.4, -0.2) is 62.5 Å². The van der Waals surface area contributed by atoms with Gasteiger partial charge in [-0.3, -0.25) is 19.1 Å². The van der Waals surface area contributed by atoms with Crippen LogP contribution in [0.4, 0.5) is 10.3 Å². The van der Waals surface area contributed by atoms with Crippen LogP contribution in [0.2, 0.25) is 0 Å². The molecule has 0 spiro atoms. The van der Waals surface area contributed by atoms with Crippen LogP contribution in [0.5, 0.6) is 0 Å². The topological polar surface area (TPSA) is 177 Å². The first-order valence-electron chi connectivity index (χ1n) is 18.8. The van der Waals surface area contributed by atoms with Gasteiger partial charge in [-0.05, 0) is 18.8 Å². The number of anilines is 1. The van der Waals surface area contributed by atoms with Crippen LogP contribution in [0.25, 0.3) is 11.2 Å². The largest absolute Gasteiger partial charge is 0.460 e. The Kier molecular flexibility index (Phi) is 18.0. The summed E-state index contributed by atoms with van der Waals surface area (Å²) in [6, 6.07) is -0.861. The van der Waals surface area contributed by atoms with Gasteiger partial charge in [0.2, 0.25) is 5.95 Å². The van der Waals surface area contributed by atoms with E-state index in [1.165, 1.54) is 87.9 Å². The zero-order valence-electron chi connectivity index (χ0n) is 30.0. The third kappa shape index (κ3) is 13.3. The molecule has 13 heteroatoms. The molecular formula is C36H61FN6O6. The van der Waals surface area contributed by atoms with E-state index in [4.69, 9.17) is 25.7 Å². The third-order valence-corrected chi connectivity index (χ3v) is 9.68. The van der Waals surface area contributed by atoms with Crippen molar-refractivity contribution in [1.82, 2.24) is 19.5 Å². The zero-order chi connectivity index (χ0) is 35.6. The predicted octanol–water partition coefficient (Wildman–Crippen LogP) is 6.81. The molecule has 0 aromatic carbocycles. The molecule has 2 aromatic rings. The summed E-state index contributed by atoms with van der Waals surface area (Å²) < 4.78 is 33.4. The second-order valence-corrected chi connectivity index (χ2v) is 13.7. The van der Waals surface area contributed by atoms with Crippen molar-refractivity contribution >= 4 is 29.1 Å². The van der Waals surface area contributed by atoms with Gasteiger partial charge in [0.1, 0.15) is 31.2 Å². The van der Waals surface area contributed by atoms with Gasteiger partial charge in [0, 0.05) is 6.42 Å². The van der Waals surface area contributed by atoms with Crippen molar-refractivity contribution in [2.45, 2.75) is 173 Å². The number of rotatable bonds is 25. The summed E-state index contributed by atoms with van der Waals surface area (Å²) in [5.74, 6) is -1.62. The van der Waals surface area contributed by atoms with Crippen LogP contribution in [0, 0.1) is 5.92 Å². The van der Waals surface area contributed by atoms with Gasteiger partial charge in [0.05, 0.1) is 6.33 Å². The summed E-state index contributed by atoms with van der Waals surface area (Å²) in [6.07, 6.45) is 17.4. The van der Waals surface area contributed by atoms with Gasteiger partial charge in [-0.15, -0.1) is 0 Å². The molecule has 0 saturated carbocycles. The van der Waals surface area contributed by atoms with Crippen LogP contribution in [0.15, 0.2) is 11.1 Å². The summed E-state index contributed by atoms with van der Waals surface area (Å²) >= 11 is 0. The van der Waals surface area contributed by atoms with Gasteiger partial charge < -0.3 is 25.7 Å². The molecule has 1 saturated heterocycles. The molecular weight excluding hydrogens is 631 g/mol. The maximum atomic E-state index is 15.0. The number of carbonyl (C=O) groups is 2. The number of imidazole rings is 1. The summed E-state index contributed by atoms with van der Waals surface area (Å²) in [5.41, 5.74) is 11.5. The zero-order valence-corrected chi connectivity index (χ0v) is 30.0. The number of nitrogens with one attached hydrogen (secondary N) is 1. The van der Waals surface area contributed by atoms with E-state index < -0.39 is 48.1 Å². The standard InChI is InChI=1S/C36H61FN6O6/c1-4-6-7-8-9-10-11-12-13-14-15-16-17-18-19-20-21-27(49-35(46)30(38)25(3)5-2)34(45)47-23-28-26(37)22-29(48-28)43-24-40-31-32(43)41-36(39)42-33(31)44/h24-30H,4-23,38H2,1-3H3,(H3,39,41,42,44)/t25-,26?,27?,28+,29+,30-/m0/s1. The number of halogens is 1. The van der Waals surface area contributed by atoms with E-state index in [2.05, 4.69) is 21.9 Å². The lowest BCUT2D eigenvalue weighted by Gasteiger charge is -2.22. The van der Waals surface area contributed by atoms with E-state index in [0.717, 1.165) is 19.3 Å². The fraction of sp³-hybridized carbons (Fsp3) is 0.806. The van der Waals surface area contributed by atoms with Gasteiger partial charge in [0.15, 0.2) is 17.3 Å². The van der Waals surface area contributed by atoms with Crippen LogP contribution >= 0.6 is 0 Å². The lowest BCUT2D eigenvalue weighted by molar-refractivity contribution is -0.173. The molecule has 12 nitrogen and oxygen atoms in total.